The molecule has 0 saturated heterocycles. The Labute approximate surface area is 115 Å². The van der Waals surface area contributed by atoms with Gasteiger partial charge in [0.15, 0.2) is 0 Å². The molecule has 0 heterocycles. The quantitative estimate of drug-likeness (QED) is 0.727. The molecular weight excluding hydrogens is 238 g/mol. The molecule has 4 nitrogen and oxygen atoms in total. The molecule has 108 valence electrons. The van der Waals surface area contributed by atoms with E-state index in [-0.39, 0.29) is 17.6 Å². The van der Waals surface area contributed by atoms with Crippen molar-refractivity contribution >= 4 is 6.03 Å². The van der Waals surface area contributed by atoms with Crippen molar-refractivity contribution in [2.75, 3.05) is 6.54 Å². The van der Waals surface area contributed by atoms with E-state index >= 15 is 0 Å². The van der Waals surface area contributed by atoms with E-state index in [2.05, 4.69) is 17.6 Å². The Balaban J connectivity index is 1.61. The first kappa shape index (κ1) is 13.2. The molecule has 0 aromatic carbocycles. The third-order valence-corrected chi connectivity index (χ3v) is 5.53. The zero-order valence-corrected chi connectivity index (χ0v) is 12.0. The Kier molecular flexibility index (Phi) is 3.46. The summed E-state index contributed by atoms with van der Waals surface area (Å²) in [6.45, 7) is 2.58. The molecule has 4 rings (SSSR count). The fraction of sp³-hybridized carbons (Fsp3) is 0.933. The van der Waals surface area contributed by atoms with Crippen LogP contribution in [0.5, 0.6) is 0 Å². The Morgan fingerprint density at radius 1 is 1.21 bits per heavy atom. The van der Waals surface area contributed by atoms with E-state index in [0.717, 1.165) is 24.2 Å². The van der Waals surface area contributed by atoms with Gasteiger partial charge in [0, 0.05) is 18.1 Å². The van der Waals surface area contributed by atoms with Gasteiger partial charge in [0.05, 0.1) is 0 Å². The average molecular weight is 265 g/mol. The molecule has 1 atom stereocenters. The van der Waals surface area contributed by atoms with Crippen LogP contribution in [0.1, 0.15) is 51.9 Å². The van der Waals surface area contributed by atoms with E-state index in [1.807, 2.05) is 0 Å². The lowest BCUT2D eigenvalue weighted by Gasteiger charge is -2.56. The Bertz CT molecular complexity index is 316. The van der Waals surface area contributed by atoms with Crippen molar-refractivity contribution in [2.24, 2.45) is 23.5 Å². The second kappa shape index (κ2) is 4.97. The summed E-state index contributed by atoms with van der Waals surface area (Å²) in [4.78, 5) is 12.2. The molecule has 2 amide bonds. The lowest BCUT2D eigenvalue weighted by atomic mass is 9.53. The third kappa shape index (κ3) is 2.60. The Hall–Kier alpha value is -0.770. The minimum Gasteiger partial charge on any atom is -0.334 e. The number of amides is 2. The van der Waals surface area contributed by atoms with Crippen molar-refractivity contribution in [2.45, 2.75) is 63.5 Å². The zero-order chi connectivity index (χ0) is 13.5. The predicted molar refractivity (Wildman–Crippen MR) is 75.7 cm³/mol. The minimum absolute atomic E-state index is 0.000694. The van der Waals surface area contributed by atoms with Gasteiger partial charge in [-0.15, -0.1) is 0 Å². The van der Waals surface area contributed by atoms with Gasteiger partial charge in [-0.05, 0) is 62.7 Å². The van der Waals surface area contributed by atoms with Gasteiger partial charge >= 0.3 is 6.03 Å². The lowest BCUT2D eigenvalue weighted by molar-refractivity contribution is -0.0136. The van der Waals surface area contributed by atoms with Crippen LogP contribution in [0.25, 0.3) is 0 Å². The number of urea groups is 1. The molecule has 0 spiro atoms. The maximum absolute atomic E-state index is 12.2. The molecule has 4 bridgehead atoms. The highest BCUT2D eigenvalue weighted by molar-refractivity contribution is 5.75. The number of carbonyl (C=O) groups is 1. The smallest absolute Gasteiger partial charge is 0.315 e. The van der Waals surface area contributed by atoms with Crippen molar-refractivity contribution in [3.8, 4) is 0 Å². The van der Waals surface area contributed by atoms with Crippen LogP contribution in [0, 0.1) is 17.8 Å². The molecule has 4 heteroatoms. The van der Waals surface area contributed by atoms with Crippen molar-refractivity contribution in [1.29, 1.82) is 0 Å². The first-order valence-corrected chi connectivity index (χ1v) is 7.91. The number of carbonyl (C=O) groups excluding carboxylic acids is 1. The second-order valence-corrected chi connectivity index (χ2v) is 7.14. The van der Waals surface area contributed by atoms with Gasteiger partial charge in [0.1, 0.15) is 0 Å². The van der Waals surface area contributed by atoms with Crippen molar-refractivity contribution in [1.82, 2.24) is 10.6 Å². The highest BCUT2D eigenvalue weighted by Crippen LogP contribution is 2.55. The Morgan fingerprint density at radius 3 is 2.16 bits per heavy atom. The van der Waals surface area contributed by atoms with E-state index in [1.54, 1.807) is 0 Å². The van der Waals surface area contributed by atoms with Crippen LogP contribution < -0.4 is 16.4 Å². The monoisotopic (exact) mass is 265 g/mol. The normalized spacial score (nSPS) is 41.1. The largest absolute Gasteiger partial charge is 0.334 e. The van der Waals surface area contributed by atoms with Gasteiger partial charge in [0.2, 0.25) is 0 Å². The van der Waals surface area contributed by atoms with Crippen LogP contribution in [0.2, 0.25) is 0 Å². The maximum Gasteiger partial charge on any atom is 0.315 e. The van der Waals surface area contributed by atoms with E-state index in [0.29, 0.717) is 6.54 Å². The molecule has 4 N–H and O–H groups in total. The van der Waals surface area contributed by atoms with Crippen LogP contribution in [-0.4, -0.2) is 24.2 Å². The van der Waals surface area contributed by atoms with Gasteiger partial charge in [-0.3, -0.25) is 0 Å². The number of rotatable bonds is 4. The molecule has 1 unspecified atom stereocenters. The van der Waals surface area contributed by atoms with Gasteiger partial charge < -0.3 is 16.4 Å². The fourth-order valence-electron chi connectivity index (χ4n) is 5.05. The summed E-state index contributed by atoms with van der Waals surface area (Å²) in [5, 5.41) is 6.33. The van der Waals surface area contributed by atoms with Gasteiger partial charge in [0.25, 0.3) is 0 Å². The molecular formula is C15H27N3O. The summed E-state index contributed by atoms with van der Waals surface area (Å²) in [5.41, 5.74) is 5.75. The predicted octanol–water partition coefficient (Wildman–Crippen LogP) is 1.99. The zero-order valence-electron chi connectivity index (χ0n) is 12.0. The first-order valence-electron chi connectivity index (χ1n) is 7.91. The average Bonchev–Trinajstić information content (AvgIpc) is 2.33. The van der Waals surface area contributed by atoms with Crippen LogP contribution in [-0.2, 0) is 0 Å². The SMILES string of the molecule is CCC(CN)NC(=O)NC12CC3CC(CC(C3)C1)C2. The summed E-state index contributed by atoms with van der Waals surface area (Å²) in [6.07, 6.45) is 8.71. The molecule has 4 saturated carbocycles. The first-order chi connectivity index (χ1) is 9.12. The molecule has 4 fully saturated rings. The molecule has 4 aliphatic carbocycles. The van der Waals surface area contributed by atoms with Gasteiger partial charge in [-0.1, -0.05) is 6.92 Å². The van der Waals surface area contributed by atoms with Gasteiger partial charge in [-0.2, -0.15) is 0 Å². The summed E-state index contributed by atoms with van der Waals surface area (Å²) in [7, 11) is 0. The topological polar surface area (TPSA) is 67.1 Å². The second-order valence-electron chi connectivity index (χ2n) is 7.14. The summed E-state index contributed by atoms with van der Waals surface area (Å²) < 4.78 is 0. The van der Waals surface area contributed by atoms with Gasteiger partial charge in [-0.25, -0.2) is 4.79 Å². The number of nitrogens with one attached hydrogen (secondary N) is 2. The molecule has 0 aromatic rings. The molecule has 0 radical (unpaired) electrons. The Morgan fingerprint density at radius 2 is 1.74 bits per heavy atom. The van der Waals surface area contributed by atoms with Crippen LogP contribution in [0.15, 0.2) is 0 Å². The van der Waals surface area contributed by atoms with Crippen LogP contribution in [0.4, 0.5) is 4.79 Å². The molecule has 19 heavy (non-hydrogen) atoms. The summed E-state index contributed by atoms with van der Waals surface area (Å²) in [6, 6.07) is 0.105. The maximum atomic E-state index is 12.2. The van der Waals surface area contributed by atoms with Crippen LogP contribution >= 0.6 is 0 Å². The van der Waals surface area contributed by atoms with Crippen molar-refractivity contribution in [3.05, 3.63) is 0 Å². The highest BCUT2D eigenvalue weighted by Gasteiger charge is 2.51. The van der Waals surface area contributed by atoms with E-state index < -0.39 is 0 Å². The molecule has 4 aliphatic rings. The molecule has 0 aromatic heterocycles. The fourth-order valence-corrected chi connectivity index (χ4v) is 5.05. The molecule has 0 aliphatic heterocycles. The third-order valence-electron chi connectivity index (χ3n) is 5.53. The van der Waals surface area contributed by atoms with Crippen molar-refractivity contribution in [3.63, 3.8) is 0 Å². The van der Waals surface area contributed by atoms with E-state index in [9.17, 15) is 4.79 Å². The van der Waals surface area contributed by atoms with E-state index in [1.165, 1.54) is 38.5 Å². The number of hydrogen-bond donors (Lipinski definition) is 3. The van der Waals surface area contributed by atoms with Crippen molar-refractivity contribution < 1.29 is 4.79 Å². The lowest BCUT2D eigenvalue weighted by Crippen LogP contribution is -2.62. The number of hydrogen-bond acceptors (Lipinski definition) is 2. The van der Waals surface area contributed by atoms with Crippen LogP contribution in [0.3, 0.4) is 0 Å². The number of nitrogens with two attached hydrogens (primary N) is 1. The standard InChI is InChI=1S/C15H27N3O/c1-2-13(9-16)17-14(19)18-15-6-10-3-11(7-15)5-12(4-10)8-15/h10-13H,2-9,16H2,1H3,(H2,17,18,19). The highest BCUT2D eigenvalue weighted by atomic mass is 16.2. The summed E-state index contributed by atoms with van der Waals surface area (Å²) in [5.74, 6) is 2.59. The van der Waals surface area contributed by atoms with E-state index in [4.69, 9.17) is 5.73 Å². The minimum atomic E-state index is -0.000694. The summed E-state index contributed by atoms with van der Waals surface area (Å²) >= 11 is 0.